The fraction of sp³-hybridized carbons (Fsp3) is 0.400. The van der Waals surface area contributed by atoms with Crippen LogP contribution in [0.2, 0.25) is 0 Å². The first-order valence-electron chi connectivity index (χ1n) is 7.78. The van der Waals surface area contributed by atoms with Crippen LogP contribution in [0.5, 0.6) is 0 Å². The second-order valence-electron chi connectivity index (χ2n) is 5.61. The highest BCUT2D eigenvalue weighted by Crippen LogP contribution is 2.29. The molecule has 4 rings (SSSR count). The lowest BCUT2D eigenvalue weighted by Gasteiger charge is -2.22. The minimum absolute atomic E-state index is 0.0508. The van der Waals surface area contributed by atoms with Gasteiger partial charge in [0.05, 0.1) is 22.9 Å². The van der Waals surface area contributed by atoms with E-state index in [1.165, 1.54) is 22.3 Å². The predicted octanol–water partition coefficient (Wildman–Crippen LogP) is 1.49. The van der Waals surface area contributed by atoms with Crippen molar-refractivity contribution in [1.82, 2.24) is 25.2 Å². The van der Waals surface area contributed by atoms with Crippen molar-refractivity contribution >= 4 is 32.6 Å². The van der Waals surface area contributed by atoms with Crippen LogP contribution in [0.1, 0.15) is 12.8 Å². The highest BCUT2D eigenvalue weighted by atomic mass is 32.1. The fourth-order valence-corrected chi connectivity index (χ4v) is 3.72. The Labute approximate surface area is 142 Å². The monoisotopic (exact) mass is 344 g/mol. The molecule has 3 aromatic rings. The number of hydrogen-bond donors (Lipinski definition) is 0. The van der Waals surface area contributed by atoms with Crippen LogP contribution in [-0.4, -0.2) is 50.4 Å². The number of carbonyl (C=O) groups is 1. The van der Waals surface area contributed by atoms with Crippen molar-refractivity contribution in [2.75, 3.05) is 18.1 Å². The van der Waals surface area contributed by atoms with E-state index in [-0.39, 0.29) is 18.6 Å². The summed E-state index contributed by atoms with van der Waals surface area (Å²) in [5.74, 6) is -0.100. The lowest BCUT2D eigenvalue weighted by molar-refractivity contribution is -0.119. The zero-order valence-electron chi connectivity index (χ0n) is 12.9. The summed E-state index contributed by atoms with van der Waals surface area (Å²) in [7, 11) is 0. The Morgan fingerprint density at radius 2 is 2.33 bits per heavy atom. The number of benzene rings is 1. The first kappa shape index (κ1) is 15.2. The maximum absolute atomic E-state index is 12.8. The first-order chi connectivity index (χ1) is 11.8. The molecule has 24 heavy (non-hydrogen) atoms. The van der Waals surface area contributed by atoms with Crippen molar-refractivity contribution < 1.29 is 9.53 Å². The number of aromatic nitrogens is 5. The molecule has 1 saturated heterocycles. The summed E-state index contributed by atoms with van der Waals surface area (Å²) in [5, 5.41) is 11.6. The molecular weight excluding hydrogens is 328 g/mol. The first-order valence-corrected chi connectivity index (χ1v) is 8.59. The molecule has 1 aliphatic heterocycles. The molecule has 0 saturated carbocycles. The van der Waals surface area contributed by atoms with Crippen molar-refractivity contribution in [2.45, 2.75) is 25.5 Å². The molecule has 1 unspecified atom stereocenters. The van der Waals surface area contributed by atoms with E-state index in [1.54, 1.807) is 4.90 Å². The van der Waals surface area contributed by atoms with Crippen molar-refractivity contribution in [3.05, 3.63) is 30.6 Å². The average Bonchev–Trinajstić information content (AvgIpc) is 3.33. The molecule has 0 spiro atoms. The molecule has 1 amide bonds. The molecule has 124 valence electrons. The lowest BCUT2D eigenvalue weighted by atomic mass is 10.2. The number of nitrogens with zero attached hydrogens (tertiary/aromatic N) is 6. The number of carbonyl (C=O) groups excluding carboxylic acids is 1. The van der Waals surface area contributed by atoms with Gasteiger partial charge in [0.2, 0.25) is 0 Å². The molecule has 2 aromatic heterocycles. The molecule has 1 aliphatic rings. The van der Waals surface area contributed by atoms with E-state index in [0.29, 0.717) is 11.7 Å². The summed E-state index contributed by atoms with van der Waals surface area (Å²) in [6.45, 7) is 1.33. The third-order valence-corrected chi connectivity index (χ3v) is 4.97. The number of fused-ring (bicyclic) bond motifs is 1. The van der Waals surface area contributed by atoms with Gasteiger partial charge < -0.3 is 4.74 Å². The van der Waals surface area contributed by atoms with E-state index < -0.39 is 0 Å². The van der Waals surface area contributed by atoms with Crippen LogP contribution >= 0.6 is 11.3 Å². The van der Waals surface area contributed by atoms with Gasteiger partial charge in [-0.05, 0) is 35.4 Å². The van der Waals surface area contributed by atoms with Gasteiger partial charge in [-0.2, -0.15) is 0 Å². The number of anilines is 1. The Balaban J connectivity index is 1.62. The molecule has 1 fully saturated rings. The molecular formula is C15H16N6O2S. The number of ether oxygens (including phenoxy) is 1. The zero-order chi connectivity index (χ0) is 16.4. The van der Waals surface area contributed by atoms with Crippen LogP contribution in [0.4, 0.5) is 5.13 Å². The number of thiazole rings is 1. The molecule has 1 aromatic carbocycles. The highest BCUT2D eigenvalue weighted by molar-refractivity contribution is 7.22. The molecule has 3 heterocycles. The Morgan fingerprint density at radius 3 is 3.08 bits per heavy atom. The van der Waals surface area contributed by atoms with E-state index in [9.17, 15) is 4.79 Å². The second kappa shape index (κ2) is 6.62. The fourth-order valence-electron chi connectivity index (χ4n) is 2.73. The van der Waals surface area contributed by atoms with Gasteiger partial charge in [0, 0.05) is 6.61 Å². The summed E-state index contributed by atoms with van der Waals surface area (Å²) in [5.41, 5.74) is 0.894. The molecule has 0 radical (unpaired) electrons. The summed E-state index contributed by atoms with van der Waals surface area (Å²) in [4.78, 5) is 19.1. The Kier molecular flexibility index (Phi) is 4.18. The van der Waals surface area contributed by atoms with Crippen LogP contribution in [0, 0.1) is 0 Å². The zero-order valence-corrected chi connectivity index (χ0v) is 13.7. The second-order valence-corrected chi connectivity index (χ2v) is 6.62. The molecule has 0 aliphatic carbocycles. The number of rotatable bonds is 5. The average molecular weight is 344 g/mol. The van der Waals surface area contributed by atoms with Crippen molar-refractivity contribution in [3.63, 3.8) is 0 Å². The van der Waals surface area contributed by atoms with Gasteiger partial charge >= 0.3 is 0 Å². The summed E-state index contributed by atoms with van der Waals surface area (Å²) in [6, 6.07) is 7.87. The van der Waals surface area contributed by atoms with Gasteiger partial charge in [0.25, 0.3) is 5.91 Å². The van der Waals surface area contributed by atoms with Gasteiger partial charge in [0.15, 0.2) is 5.13 Å². The standard InChI is InChI=1S/C15H16N6O2S/c22-14(9-20-10-16-18-19-20)21(8-11-4-3-7-23-11)15-17-12-5-1-2-6-13(12)24-15/h1-2,5-6,10-11H,3-4,7-9H2. The number of para-hydroxylation sites is 1. The van der Waals surface area contributed by atoms with E-state index in [0.717, 1.165) is 29.7 Å². The Morgan fingerprint density at radius 1 is 1.42 bits per heavy atom. The predicted molar refractivity (Wildman–Crippen MR) is 88.8 cm³/mol. The summed E-state index contributed by atoms with van der Waals surface area (Å²) in [6.07, 6.45) is 3.47. The van der Waals surface area contributed by atoms with Crippen LogP contribution in [0.15, 0.2) is 30.6 Å². The normalized spacial score (nSPS) is 17.4. The van der Waals surface area contributed by atoms with Gasteiger partial charge in [-0.15, -0.1) is 5.10 Å². The Bertz CT molecular complexity index is 794. The van der Waals surface area contributed by atoms with E-state index in [2.05, 4.69) is 20.5 Å². The molecule has 0 bridgehead atoms. The highest BCUT2D eigenvalue weighted by Gasteiger charge is 2.26. The number of tetrazole rings is 1. The molecule has 8 nitrogen and oxygen atoms in total. The molecule has 9 heteroatoms. The third kappa shape index (κ3) is 3.13. The maximum atomic E-state index is 12.8. The van der Waals surface area contributed by atoms with Crippen LogP contribution in [-0.2, 0) is 16.1 Å². The maximum Gasteiger partial charge on any atom is 0.250 e. The lowest BCUT2D eigenvalue weighted by Crippen LogP contribution is -2.39. The topological polar surface area (TPSA) is 86.0 Å². The number of amides is 1. The van der Waals surface area contributed by atoms with Gasteiger partial charge in [-0.1, -0.05) is 23.5 Å². The van der Waals surface area contributed by atoms with Gasteiger partial charge in [0.1, 0.15) is 12.9 Å². The quantitative estimate of drug-likeness (QED) is 0.697. The minimum Gasteiger partial charge on any atom is -0.376 e. The van der Waals surface area contributed by atoms with Crippen molar-refractivity contribution in [1.29, 1.82) is 0 Å². The van der Waals surface area contributed by atoms with Crippen LogP contribution in [0.25, 0.3) is 10.2 Å². The van der Waals surface area contributed by atoms with Crippen LogP contribution in [0.3, 0.4) is 0 Å². The summed E-state index contributed by atoms with van der Waals surface area (Å²) < 4.78 is 8.17. The van der Waals surface area contributed by atoms with Crippen molar-refractivity contribution in [3.8, 4) is 0 Å². The summed E-state index contributed by atoms with van der Waals surface area (Å²) >= 11 is 1.51. The number of hydrogen-bond acceptors (Lipinski definition) is 7. The smallest absolute Gasteiger partial charge is 0.250 e. The molecule has 0 N–H and O–H groups in total. The third-order valence-electron chi connectivity index (χ3n) is 3.91. The largest absolute Gasteiger partial charge is 0.376 e. The SMILES string of the molecule is O=C(Cn1cnnn1)N(CC1CCCO1)c1nc2ccccc2s1. The van der Waals surface area contributed by atoms with Crippen molar-refractivity contribution in [2.24, 2.45) is 0 Å². The molecule has 1 atom stereocenters. The van der Waals surface area contributed by atoms with E-state index in [4.69, 9.17) is 4.74 Å². The van der Waals surface area contributed by atoms with Gasteiger partial charge in [-0.3, -0.25) is 9.69 Å². The van der Waals surface area contributed by atoms with Gasteiger partial charge in [-0.25, -0.2) is 9.67 Å². The Hall–Kier alpha value is -2.39. The van der Waals surface area contributed by atoms with E-state index >= 15 is 0 Å². The minimum atomic E-state index is -0.100. The van der Waals surface area contributed by atoms with E-state index in [1.807, 2.05) is 24.3 Å². The van der Waals surface area contributed by atoms with Crippen LogP contribution < -0.4 is 4.90 Å².